The van der Waals surface area contributed by atoms with Gasteiger partial charge in [0.25, 0.3) is 5.91 Å². The van der Waals surface area contributed by atoms with Crippen LogP contribution in [-0.4, -0.2) is 29.4 Å². The summed E-state index contributed by atoms with van der Waals surface area (Å²) in [5, 5.41) is 7.25. The standard InChI is InChI=1S/C19H19N3O3/c1-14-12-18(22(21-14)15-6-4-3-5-7-15)20-19(23)13-25-17-10-8-16(24-2)9-11-17/h3-12H,13H2,1-2H3,(H,20,23). The van der Waals surface area contributed by atoms with Crippen LogP contribution in [0.3, 0.4) is 0 Å². The molecule has 1 aromatic heterocycles. The zero-order chi connectivity index (χ0) is 17.6. The molecule has 1 amide bonds. The van der Waals surface area contributed by atoms with Crippen molar-refractivity contribution in [3.8, 4) is 17.2 Å². The van der Waals surface area contributed by atoms with E-state index < -0.39 is 0 Å². The van der Waals surface area contributed by atoms with Crippen LogP contribution in [0.2, 0.25) is 0 Å². The third kappa shape index (κ3) is 4.17. The molecule has 128 valence electrons. The molecule has 0 fully saturated rings. The molecule has 1 N–H and O–H groups in total. The fourth-order valence-corrected chi connectivity index (χ4v) is 2.35. The Morgan fingerprint density at radius 3 is 2.44 bits per heavy atom. The Kier molecular flexibility index (Phi) is 4.99. The van der Waals surface area contributed by atoms with Gasteiger partial charge in [-0.2, -0.15) is 5.10 Å². The first-order valence-electron chi connectivity index (χ1n) is 7.84. The Morgan fingerprint density at radius 2 is 1.76 bits per heavy atom. The van der Waals surface area contributed by atoms with E-state index in [9.17, 15) is 4.79 Å². The fraction of sp³-hybridized carbons (Fsp3) is 0.158. The van der Waals surface area contributed by atoms with Gasteiger partial charge in [-0.25, -0.2) is 4.68 Å². The number of carbonyl (C=O) groups excluding carboxylic acids is 1. The number of ether oxygens (including phenoxy) is 2. The van der Waals surface area contributed by atoms with E-state index >= 15 is 0 Å². The molecule has 0 aliphatic rings. The fourth-order valence-electron chi connectivity index (χ4n) is 2.35. The Labute approximate surface area is 146 Å². The van der Waals surface area contributed by atoms with Crippen molar-refractivity contribution in [2.45, 2.75) is 6.92 Å². The van der Waals surface area contributed by atoms with Crippen molar-refractivity contribution in [3.63, 3.8) is 0 Å². The third-order valence-electron chi connectivity index (χ3n) is 3.53. The van der Waals surface area contributed by atoms with Crippen molar-refractivity contribution in [2.24, 2.45) is 0 Å². The number of hydrogen-bond donors (Lipinski definition) is 1. The van der Waals surface area contributed by atoms with Gasteiger partial charge < -0.3 is 14.8 Å². The monoisotopic (exact) mass is 337 g/mol. The number of aromatic nitrogens is 2. The first-order chi connectivity index (χ1) is 12.2. The smallest absolute Gasteiger partial charge is 0.263 e. The van der Waals surface area contributed by atoms with Crippen molar-refractivity contribution < 1.29 is 14.3 Å². The number of anilines is 1. The summed E-state index contributed by atoms with van der Waals surface area (Å²) in [6.45, 7) is 1.79. The summed E-state index contributed by atoms with van der Waals surface area (Å²) >= 11 is 0. The maximum atomic E-state index is 12.2. The van der Waals surface area contributed by atoms with Crippen LogP contribution in [-0.2, 0) is 4.79 Å². The van der Waals surface area contributed by atoms with Crippen LogP contribution in [0.15, 0.2) is 60.7 Å². The van der Waals surface area contributed by atoms with E-state index in [0.717, 1.165) is 17.1 Å². The van der Waals surface area contributed by atoms with E-state index in [2.05, 4.69) is 10.4 Å². The predicted octanol–water partition coefficient (Wildman–Crippen LogP) is 3.21. The SMILES string of the molecule is COc1ccc(OCC(=O)Nc2cc(C)nn2-c2ccccc2)cc1. The van der Waals surface area contributed by atoms with Crippen molar-refractivity contribution >= 4 is 11.7 Å². The minimum Gasteiger partial charge on any atom is -0.497 e. The van der Waals surface area contributed by atoms with E-state index in [1.807, 2.05) is 43.3 Å². The molecule has 6 heteroatoms. The normalized spacial score (nSPS) is 10.3. The predicted molar refractivity (Wildman–Crippen MR) is 95.4 cm³/mol. The highest BCUT2D eigenvalue weighted by Gasteiger charge is 2.11. The molecule has 6 nitrogen and oxygen atoms in total. The molecular weight excluding hydrogens is 318 g/mol. The first kappa shape index (κ1) is 16.6. The average Bonchev–Trinajstić information content (AvgIpc) is 3.01. The second-order valence-corrected chi connectivity index (χ2v) is 5.43. The molecule has 0 aliphatic heterocycles. The van der Waals surface area contributed by atoms with Gasteiger partial charge in [-0.15, -0.1) is 0 Å². The van der Waals surface area contributed by atoms with Gasteiger partial charge >= 0.3 is 0 Å². The molecule has 0 unspecified atom stereocenters. The highest BCUT2D eigenvalue weighted by Crippen LogP contribution is 2.18. The van der Waals surface area contributed by atoms with Crippen LogP contribution in [0.25, 0.3) is 5.69 Å². The summed E-state index contributed by atoms with van der Waals surface area (Å²) in [5.41, 5.74) is 1.69. The Morgan fingerprint density at radius 1 is 1.08 bits per heavy atom. The van der Waals surface area contributed by atoms with Crippen molar-refractivity contribution in [1.29, 1.82) is 0 Å². The molecule has 0 aliphatic carbocycles. The maximum absolute atomic E-state index is 12.2. The van der Waals surface area contributed by atoms with Crippen LogP contribution >= 0.6 is 0 Å². The molecule has 0 bridgehead atoms. The number of aryl methyl sites for hydroxylation is 1. The van der Waals surface area contributed by atoms with E-state index in [1.54, 1.807) is 36.1 Å². The summed E-state index contributed by atoms with van der Waals surface area (Å²) < 4.78 is 12.3. The molecule has 0 saturated carbocycles. The quantitative estimate of drug-likeness (QED) is 0.750. The zero-order valence-corrected chi connectivity index (χ0v) is 14.1. The Hall–Kier alpha value is -3.28. The van der Waals surface area contributed by atoms with Crippen LogP contribution in [0.5, 0.6) is 11.5 Å². The van der Waals surface area contributed by atoms with Gasteiger partial charge in [0.15, 0.2) is 6.61 Å². The lowest BCUT2D eigenvalue weighted by atomic mass is 10.3. The average molecular weight is 337 g/mol. The van der Waals surface area contributed by atoms with Gasteiger partial charge in [0.05, 0.1) is 18.5 Å². The van der Waals surface area contributed by atoms with Gasteiger partial charge in [-0.1, -0.05) is 18.2 Å². The molecule has 3 rings (SSSR count). The number of hydrogen-bond acceptors (Lipinski definition) is 4. The molecule has 25 heavy (non-hydrogen) atoms. The third-order valence-corrected chi connectivity index (χ3v) is 3.53. The van der Waals surface area contributed by atoms with Gasteiger partial charge in [-0.05, 0) is 43.3 Å². The number of benzene rings is 2. The zero-order valence-electron chi connectivity index (χ0n) is 14.1. The summed E-state index contributed by atoms with van der Waals surface area (Å²) in [6, 6.07) is 18.5. The van der Waals surface area contributed by atoms with E-state index in [-0.39, 0.29) is 12.5 Å². The molecule has 3 aromatic rings. The lowest BCUT2D eigenvalue weighted by Gasteiger charge is -2.10. The van der Waals surface area contributed by atoms with Crippen molar-refractivity contribution in [2.75, 3.05) is 19.0 Å². The second kappa shape index (κ2) is 7.53. The first-order valence-corrected chi connectivity index (χ1v) is 7.84. The number of nitrogens with zero attached hydrogens (tertiary/aromatic N) is 2. The van der Waals surface area contributed by atoms with Gasteiger partial charge in [0, 0.05) is 6.07 Å². The van der Waals surface area contributed by atoms with Crippen LogP contribution in [0.4, 0.5) is 5.82 Å². The van der Waals surface area contributed by atoms with E-state index in [4.69, 9.17) is 9.47 Å². The molecule has 0 radical (unpaired) electrons. The number of amides is 1. The maximum Gasteiger partial charge on any atom is 0.263 e. The van der Waals surface area contributed by atoms with E-state index in [0.29, 0.717) is 11.6 Å². The number of rotatable bonds is 6. The highest BCUT2D eigenvalue weighted by atomic mass is 16.5. The Bertz CT molecular complexity index is 842. The topological polar surface area (TPSA) is 65.4 Å². The molecule has 0 atom stereocenters. The number of para-hydroxylation sites is 1. The second-order valence-electron chi connectivity index (χ2n) is 5.43. The van der Waals surface area contributed by atoms with Gasteiger partial charge in [-0.3, -0.25) is 4.79 Å². The molecular formula is C19H19N3O3. The minimum absolute atomic E-state index is 0.0919. The minimum atomic E-state index is -0.257. The molecule has 0 saturated heterocycles. The number of carbonyl (C=O) groups is 1. The van der Waals surface area contributed by atoms with Crippen molar-refractivity contribution in [3.05, 3.63) is 66.4 Å². The number of methoxy groups -OCH3 is 1. The van der Waals surface area contributed by atoms with Gasteiger partial charge in [0.2, 0.25) is 0 Å². The largest absolute Gasteiger partial charge is 0.497 e. The van der Waals surface area contributed by atoms with Gasteiger partial charge in [0.1, 0.15) is 17.3 Å². The summed E-state index contributed by atoms with van der Waals surface area (Å²) in [4.78, 5) is 12.2. The van der Waals surface area contributed by atoms with Crippen molar-refractivity contribution in [1.82, 2.24) is 9.78 Å². The molecule has 2 aromatic carbocycles. The number of nitrogens with one attached hydrogen (secondary N) is 1. The van der Waals surface area contributed by atoms with E-state index in [1.165, 1.54) is 0 Å². The van der Waals surface area contributed by atoms with Crippen LogP contribution in [0.1, 0.15) is 5.69 Å². The highest BCUT2D eigenvalue weighted by molar-refractivity contribution is 5.91. The lowest BCUT2D eigenvalue weighted by molar-refractivity contribution is -0.118. The summed E-state index contributed by atoms with van der Waals surface area (Å²) in [6.07, 6.45) is 0. The summed E-state index contributed by atoms with van der Waals surface area (Å²) in [5.74, 6) is 1.68. The Balaban J connectivity index is 1.65. The van der Waals surface area contributed by atoms with Crippen LogP contribution in [0, 0.1) is 6.92 Å². The lowest BCUT2D eigenvalue weighted by Crippen LogP contribution is -2.21. The van der Waals surface area contributed by atoms with Crippen LogP contribution < -0.4 is 14.8 Å². The molecule has 0 spiro atoms. The molecule has 1 heterocycles. The summed E-state index contributed by atoms with van der Waals surface area (Å²) in [7, 11) is 1.60.